The van der Waals surface area contributed by atoms with Crippen molar-refractivity contribution in [3.63, 3.8) is 0 Å². The van der Waals surface area contributed by atoms with Crippen LogP contribution < -0.4 is 14.8 Å². The molecule has 0 amide bonds. The fraction of sp³-hybridized carbons (Fsp3) is 0.538. The van der Waals surface area contributed by atoms with Crippen LogP contribution in [0, 0.1) is 0 Å². The van der Waals surface area contributed by atoms with E-state index >= 15 is 0 Å². The van der Waals surface area contributed by atoms with Crippen LogP contribution in [0.15, 0.2) is 18.2 Å². The van der Waals surface area contributed by atoms with Crippen molar-refractivity contribution in [3.05, 3.63) is 23.8 Å². The van der Waals surface area contributed by atoms with Crippen molar-refractivity contribution >= 4 is 24.8 Å². The molecule has 1 N–H and O–H groups in total. The zero-order valence-corrected chi connectivity index (χ0v) is 12.4. The lowest BCUT2D eigenvalue weighted by atomic mass is 9.90. The zero-order valence-electron chi connectivity index (χ0n) is 10.8. The molecule has 0 bridgehead atoms. The summed E-state index contributed by atoms with van der Waals surface area (Å²) >= 11 is 0. The van der Waals surface area contributed by atoms with Crippen molar-refractivity contribution < 1.29 is 9.47 Å². The van der Waals surface area contributed by atoms with E-state index in [0.717, 1.165) is 24.6 Å². The van der Waals surface area contributed by atoms with Gasteiger partial charge in [0.1, 0.15) is 0 Å². The SMILES string of the molecule is COc1ccc(C2CCNCC2)cc1OC.Cl.Cl. The van der Waals surface area contributed by atoms with Crippen LogP contribution in [0.2, 0.25) is 0 Å². The summed E-state index contributed by atoms with van der Waals surface area (Å²) in [6.07, 6.45) is 2.41. The van der Waals surface area contributed by atoms with Gasteiger partial charge in [0.25, 0.3) is 0 Å². The number of ether oxygens (including phenoxy) is 2. The van der Waals surface area contributed by atoms with Crippen molar-refractivity contribution in [2.75, 3.05) is 27.3 Å². The molecule has 0 spiro atoms. The Hall–Kier alpha value is -0.640. The summed E-state index contributed by atoms with van der Waals surface area (Å²) in [4.78, 5) is 0. The average molecular weight is 294 g/mol. The molecule has 104 valence electrons. The van der Waals surface area contributed by atoms with E-state index in [1.54, 1.807) is 14.2 Å². The van der Waals surface area contributed by atoms with Crippen molar-refractivity contribution in [1.82, 2.24) is 5.32 Å². The van der Waals surface area contributed by atoms with Crippen LogP contribution in [0.1, 0.15) is 24.3 Å². The van der Waals surface area contributed by atoms with Gasteiger partial charge in [0, 0.05) is 0 Å². The van der Waals surface area contributed by atoms with Gasteiger partial charge < -0.3 is 14.8 Å². The molecule has 1 fully saturated rings. The summed E-state index contributed by atoms with van der Waals surface area (Å²) in [5, 5.41) is 3.38. The smallest absolute Gasteiger partial charge is 0.160 e. The molecule has 1 aliphatic heterocycles. The second-order valence-electron chi connectivity index (χ2n) is 4.14. The first-order chi connectivity index (χ1) is 7.85. The summed E-state index contributed by atoms with van der Waals surface area (Å²) in [6.45, 7) is 2.22. The Labute approximate surface area is 121 Å². The van der Waals surface area contributed by atoms with E-state index in [4.69, 9.17) is 9.47 Å². The summed E-state index contributed by atoms with van der Waals surface area (Å²) in [6, 6.07) is 6.25. The lowest BCUT2D eigenvalue weighted by Gasteiger charge is -2.23. The number of nitrogens with one attached hydrogen (secondary N) is 1. The molecule has 1 saturated heterocycles. The maximum Gasteiger partial charge on any atom is 0.160 e. The second kappa shape index (κ2) is 8.46. The van der Waals surface area contributed by atoms with Crippen LogP contribution in [0.5, 0.6) is 11.5 Å². The molecule has 1 heterocycles. The van der Waals surface area contributed by atoms with Gasteiger partial charge in [0.05, 0.1) is 14.2 Å². The van der Waals surface area contributed by atoms with Crippen molar-refractivity contribution in [2.45, 2.75) is 18.8 Å². The Balaban J connectivity index is 0.00000144. The van der Waals surface area contributed by atoms with Gasteiger partial charge in [-0.3, -0.25) is 0 Å². The maximum atomic E-state index is 5.33. The molecular formula is C13H21Cl2NO2. The minimum atomic E-state index is 0. The van der Waals surface area contributed by atoms with E-state index in [-0.39, 0.29) is 24.8 Å². The van der Waals surface area contributed by atoms with Gasteiger partial charge in [-0.05, 0) is 49.5 Å². The summed E-state index contributed by atoms with van der Waals surface area (Å²) in [5.41, 5.74) is 1.36. The topological polar surface area (TPSA) is 30.5 Å². The van der Waals surface area contributed by atoms with Gasteiger partial charge in [-0.1, -0.05) is 6.07 Å². The summed E-state index contributed by atoms with van der Waals surface area (Å²) in [7, 11) is 3.35. The third-order valence-electron chi connectivity index (χ3n) is 3.22. The number of methoxy groups -OCH3 is 2. The van der Waals surface area contributed by atoms with Crippen LogP contribution in [-0.2, 0) is 0 Å². The molecule has 5 heteroatoms. The normalized spacial score (nSPS) is 15.2. The highest BCUT2D eigenvalue weighted by molar-refractivity contribution is 5.85. The van der Waals surface area contributed by atoms with Gasteiger partial charge >= 0.3 is 0 Å². The number of halogens is 2. The minimum absolute atomic E-state index is 0. The molecule has 1 aromatic carbocycles. The van der Waals surface area contributed by atoms with Crippen molar-refractivity contribution in [3.8, 4) is 11.5 Å². The fourth-order valence-electron chi connectivity index (χ4n) is 2.26. The van der Waals surface area contributed by atoms with Gasteiger partial charge in [-0.2, -0.15) is 0 Å². The van der Waals surface area contributed by atoms with Gasteiger partial charge in [0.15, 0.2) is 11.5 Å². The van der Waals surface area contributed by atoms with Crippen LogP contribution in [0.3, 0.4) is 0 Å². The average Bonchev–Trinajstić information content (AvgIpc) is 2.39. The number of piperidine rings is 1. The zero-order chi connectivity index (χ0) is 11.4. The number of hydrogen-bond acceptors (Lipinski definition) is 3. The number of hydrogen-bond donors (Lipinski definition) is 1. The van der Waals surface area contributed by atoms with Crippen LogP contribution in [0.25, 0.3) is 0 Å². The van der Waals surface area contributed by atoms with E-state index in [0.29, 0.717) is 5.92 Å². The van der Waals surface area contributed by atoms with Crippen LogP contribution in [-0.4, -0.2) is 27.3 Å². The first kappa shape index (κ1) is 17.4. The predicted octanol–water partition coefficient (Wildman–Crippen LogP) is 3.01. The third kappa shape index (κ3) is 3.94. The van der Waals surface area contributed by atoms with Crippen molar-refractivity contribution in [1.29, 1.82) is 0 Å². The molecule has 0 aromatic heterocycles. The Morgan fingerprint density at radius 2 is 1.61 bits per heavy atom. The predicted molar refractivity (Wildman–Crippen MR) is 78.9 cm³/mol. The highest BCUT2D eigenvalue weighted by Crippen LogP contribution is 2.33. The standard InChI is InChI=1S/C13H19NO2.2ClH/c1-15-12-4-3-11(9-13(12)16-2)10-5-7-14-8-6-10;;/h3-4,9-10,14H,5-8H2,1-2H3;2*1H. The molecule has 0 radical (unpaired) electrons. The highest BCUT2D eigenvalue weighted by Gasteiger charge is 2.16. The second-order valence-corrected chi connectivity index (χ2v) is 4.14. The van der Waals surface area contributed by atoms with Gasteiger partial charge in [-0.15, -0.1) is 24.8 Å². The number of benzene rings is 1. The van der Waals surface area contributed by atoms with Gasteiger partial charge in [-0.25, -0.2) is 0 Å². The fourth-order valence-corrected chi connectivity index (χ4v) is 2.26. The Morgan fingerprint density at radius 1 is 1.00 bits per heavy atom. The molecule has 1 aromatic rings. The van der Waals surface area contributed by atoms with Crippen LogP contribution >= 0.6 is 24.8 Å². The molecule has 0 atom stereocenters. The summed E-state index contributed by atoms with van der Waals surface area (Å²) in [5.74, 6) is 2.29. The molecule has 0 unspecified atom stereocenters. The van der Waals surface area contributed by atoms with E-state index in [2.05, 4.69) is 17.4 Å². The molecular weight excluding hydrogens is 273 g/mol. The van der Waals surface area contributed by atoms with E-state index in [1.165, 1.54) is 18.4 Å². The Bertz CT molecular complexity index is 355. The molecule has 18 heavy (non-hydrogen) atoms. The summed E-state index contributed by atoms with van der Waals surface area (Å²) < 4.78 is 10.6. The molecule has 0 saturated carbocycles. The largest absolute Gasteiger partial charge is 0.493 e. The Kier molecular flexibility index (Phi) is 8.16. The maximum absolute atomic E-state index is 5.33. The van der Waals surface area contributed by atoms with Crippen LogP contribution in [0.4, 0.5) is 0 Å². The lowest BCUT2D eigenvalue weighted by Crippen LogP contribution is -2.26. The molecule has 2 rings (SSSR count). The highest BCUT2D eigenvalue weighted by atomic mass is 35.5. The first-order valence-corrected chi connectivity index (χ1v) is 5.78. The number of rotatable bonds is 3. The minimum Gasteiger partial charge on any atom is -0.493 e. The third-order valence-corrected chi connectivity index (χ3v) is 3.22. The molecule has 1 aliphatic rings. The monoisotopic (exact) mass is 293 g/mol. The van der Waals surface area contributed by atoms with E-state index in [1.807, 2.05) is 6.07 Å². The van der Waals surface area contributed by atoms with E-state index in [9.17, 15) is 0 Å². The van der Waals surface area contributed by atoms with Crippen molar-refractivity contribution in [2.24, 2.45) is 0 Å². The quantitative estimate of drug-likeness (QED) is 0.929. The first-order valence-electron chi connectivity index (χ1n) is 5.78. The lowest BCUT2D eigenvalue weighted by molar-refractivity contribution is 0.353. The molecule has 0 aliphatic carbocycles. The van der Waals surface area contributed by atoms with Gasteiger partial charge in [0.2, 0.25) is 0 Å². The Morgan fingerprint density at radius 3 is 2.17 bits per heavy atom. The van der Waals surface area contributed by atoms with E-state index < -0.39 is 0 Å². The molecule has 3 nitrogen and oxygen atoms in total.